The summed E-state index contributed by atoms with van der Waals surface area (Å²) >= 11 is 0. The Morgan fingerprint density at radius 1 is 1.03 bits per heavy atom. The molecule has 0 aliphatic rings. The Kier molecular flexibility index (Phi) is 8.60. The first-order chi connectivity index (χ1) is 17.6. The molecule has 0 radical (unpaired) electrons. The molecule has 1 atom stereocenters. The van der Waals surface area contributed by atoms with Crippen molar-refractivity contribution in [1.29, 1.82) is 0 Å². The molecule has 3 aromatic carbocycles. The molecule has 1 unspecified atom stereocenters. The summed E-state index contributed by atoms with van der Waals surface area (Å²) in [5, 5.41) is 14.2. The summed E-state index contributed by atoms with van der Waals surface area (Å²) in [6, 6.07) is 22.7. The van der Waals surface area contributed by atoms with Gasteiger partial charge in [0.05, 0.1) is 13.7 Å². The highest BCUT2D eigenvalue weighted by Crippen LogP contribution is 2.36. The molecule has 0 spiro atoms. The van der Waals surface area contributed by atoms with E-state index in [0.29, 0.717) is 34.6 Å². The van der Waals surface area contributed by atoms with Gasteiger partial charge in [-0.1, -0.05) is 42.5 Å². The average molecular weight is 490 g/mol. The van der Waals surface area contributed by atoms with Crippen LogP contribution in [-0.4, -0.2) is 50.6 Å². The first kappa shape index (κ1) is 25.3. The smallest absolute Gasteiger partial charge is 0.342 e. The van der Waals surface area contributed by atoms with Crippen LogP contribution >= 0.6 is 0 Å². The molecule has 0 amide bonds. The van der Waals surface area contributed by atoms with Crippen molar-refractivity contribution in [2.24, 2.45) is 0 Å². The van der Waals surface area contributed by atoms with Gasteiger partial charge in [0.25, 0.3) is 0 Å². The van der Waals surface area contributed by atoms with Gasteiger partial charge in [0, 0.05) is 17.5 Å². The van der Waals surface area contributed by atoms with Crippen molar-refractivity contribution in [3.8, 4) is 22.8 Å². The van der Waals surface area contributed by atoms with E-state index in [1.165, 1.54) is 5.56 Å². The minimum Gasteiger partial charge on any atom is -0.497 e. The second kappa shape index (κ2) is 12.2. The molecular weight excluding hydrogens is 458 g/mol. The quantitative estimate of drug-likeness (QED) is 0.217. The zero-order chi connectivity index (χ0) is 25.3. The zero-order valence-corrected chi connectivity index (χ0v) is 20.5. The Balaban J connectivity index is 1.37. The maximum atomic E-state index is 12.8. The van der Waals surface area contributed by atoms with Crippen LogP contribution in [0.3, 0.4) is 0 Å². The fourth-order valence-corrected chi connectivity index (χ4v) is 3.91. The minimum absolute atomic E-state index is 0.110. The van der Waals surface area contributed by atoms with Crippen molar-refractivity contribution in [3.05, 3.63) is 83.9 Å². The minimum atomic E-state index is -0.690. The van der Waals surface area contributed by atoms with Crippen molar-refractivity contribution >= 4 is 16.9 Å². The number of esters is 1. The van der Waals surface area contributed by atoms with Crippen molar-refractivity contribution in [3.63, 3.8) is 0 Å². The predicted octanol–water partition coefficient (Wildman–Crippen LogP) is 4.86. The summed E-state index contributed by atoms with van der Waals surface area (Å²) in [4.78, 5) is 12.8. The molecule has 0 fully saturated rings. The van der Waals surface area contributed by atoms with Gasteiger partial charge in [-0.2, -0.15) is 0 Å². The third-order valence-electron chi connectivity index (χ3n) is 5.75. The topological polar surface area (TPSA) is 90.2 Å². The molecule has 2 N–H and O–H groups in total. The van der Waals surface area contributed by atoms with E-state index in [1.807, 2.05) is 54.6 Å². The molecule has 7 heteroatoms. The molecule has 4 aromatic rings. The molecule has 36 heavy (non-hydrogen) atoms. The van der Waals surface area contributed by atoms with Crippen LogP contribution in [0.4, 0.5) is 0 Å². The molecule has 4 rings (SSSR count). The van der Waals surface area contributed by atoms with Crippen LogP contribution in [0.2, 0.25) is 0 Å². The lowest BCUT2D eigenvalue weighted by molar-refractivity contribution is 0.0528. The molecule has 0 aliphatic carbocycles. The monoisotopic (exact) mass is 489 g/mol. The lowest BCUT2D eigenvalue weighted by Crippen LogP contribution is -2.32. The summed E-state index contributed by atoms with van der Waals surface area (Å²) in [6.07, 6.45) is 0.153. The Hall–Kier alpha value is -3.81. The van der Waals surface area contributed by atoms with Gasteiger partial charge in [0.1, 0.15) is 41.1 Å². The van der Waals surface area contributed by atoms with Crippen LogP contribution in [0.15, 0.2) is 77.2 Å². The molecule has 0 aliphatic heterocycles. The van der Waals surface area contributed by atoms with E-state index in [-0.39, 0.29) is 13.2 Å². The number of furan rings is 1. The van der Waals surface area contributed by atoms with Crippen molar-refractivity contribution in [2.45, 2.75) is 19.4 Å². The second-order valence-electron chi connectivity index (χ2n) is 8.32. The standard InChI is InChI=1S/C29H31NO6/c1-3-34-29(32)27-25-17-24(13-14-26(25)36-28(27)21-7-5-4-6-8-21)35-19-22(31)18-30-16-15-20-9-11-23(33-2)12-10-20/h4-14,17,22,30-31H,3,15-16,18-19H2,1-2H3. The van der Waals surface area contributed by atoms with Crippen LogP contribution in [0, 0.1) is 0 Å². The first-order valence-corrected chi connectivity index (χ1v) is 12.0. The first-order valence-electron chi connectivity index (χ1n) is 12.0. The van der Waals surface area contributed by atoms with Crippen LogP contribution in [-0.2, 0) is 11.2 Å². The lowest BCUT2D eigenvalue weighted by Gasteiger charge is -2.13. The van der Waals surface area contributed by atoms with E-state index in [9.17, 15) is 9.90 Å². The zero-order valence-electron chi connectivity index (χ0n) is 20.5. The highest BCUT2D eigenvalue weighted by atomic mass is 16.5. The number of fused-ring (bicyclic) bond motifs is 1. The lowest BCUT2D eigenvalue weighted by atomic mass is 10.1. The molecule has 1 aromatic heterocycles. The van der Waals surface area contributed by atoms with Crippen LogP contribution < -0.4 is 14.8 Å². The number of nitrogens with one attached hydrogen (secondary N) is 1. The molecule has 0 saturated heterocycles. The highest BCUT2D eigenvalue weighted by Gasteiger charge is 2.23. The number of ether oxygens (including phenoxy) is 3. The highest BCUT2D eigenvalue weighted by molar-refractivity contribution is 6.09. The number of hydrogen-bond donors (Lipinski definition) is 2. The largest absolute Gasteiger partial charge is 0.497 e. The fourth-order valence-electron chi connectivity index (χ4n) is 3.91. The summed E-state index contributed by atoms with van der Waals surface area (Å²) in [5.74, 6) is 1.37. The predicted molar refractivity (Wildman–Crippen MR) is 139 cm³/mol. The molecule has 7 nitrogen and oxygen atoms in total. The van der Waals surface area contributed by atoms with Gasteiger partial charge in [0.15, 0.2) is 0 Å². The maximum Gasteiger partial charge on any atom is 0.342 e. The van der Waals surface area contributed by atoms with E-state index in [4.69, 9.17) is 18.6 Å². The van der Waals surface area contributed by atoms with Gasteiger partial charge < -0.3 is 29.1 Å². The van der Waals surface area contributed by atoms with Crippen molar-refractivity contribution < 1.29 is 28.5 Å². The normalized spacial score (nSPS) is 11.9. The molecule has 0 bridgehead atoms. The van der Waals surface area contributed by atoms with Gasteiger partial charge in [0.2, 0.25) is 0 Å². The number of carbonyl (C=O) groups is 1. The van der Waals surface area contributed by atoms with Crippen LogP contribution in [0.5, 0.6) is 11.5 Å². The number of carbonyl (C=O) groups excluding carboxylic acids is 1. The molecular formula is C29H31NO6. The summed E-state index contributed by atoms with van der Waals surface area (Å²) < 4.78 is 22.3. The van der Waals surface area contributed by atoms with E-state index < -0.39 is 12.1 Å². The Labute approximate surface area is 210 Å². The van der Waals surface area contributed by atoms with Crippen LogP contribution in [0.1, 0.15) is 22.8 Å². The summed E-state index contributed by atoms with van der Waals surface area (Å²) in [6.45, 7) is 3.27. The van der Waals surface area contributed by atoms with Gasteiger partial charge in [-0.15, -0.1) is 0 Å². The van der Waals surface area contributed by atoms with Crippen LogP contribution in [0.25, 0.3) is 22.3 Å². The van der Waals surface area contributed by atoms with Crippen molar-refractivity contribution in [1.82, 2.24) is 5.32 Å². The Bertz CT molecular complexity index is 1270. The van der Waals surface area contributed by atoms with E-state index in [2.05, 4.69) is 5.32 Å². The number of benzene rings is 3. The number of hydrogen-bond acceptors (Lipinski definition) is 7. The van der Waals surface area contributed by atoms with Gasteiger partial charge >= 0.3 is 5.97 Å². The Morgan fingerprint density at radius 2 is 1.78 bits per heavy atom. The summed E-state index contributed by atoms with van der Waals surface area (Å²) in [5.41, 5.74) is 2.90. The third-order valence-corrected chi connectivity index (χ3v) is 5.75. The summed E-state index contributed by atoms with van der Waals surface area (Å²) in [7, 11) is 1.65. The number of aliphatic hydroxyl groups is 1. The molecule has 0 saturated carbocycles. The molecule has 1 heterocycles. The second-order valence-corrected chi connectivity index (χ2v) is 8.32. The number of aliphatic hydroxyl groups excluding tert-OH is 1. The van der Waals surface area contributed by atoms with Crippen molar-refractivity contribution in [2.75, 3.05) is 33.4 Å². The third kappa shape index (κ3) is 6.24. The van der Waals surface area contributed by atoms with Gasteiger partial charge in [-0.25, -0.2) is 4.79 Å². The SMILES string of the molecule is CCOC(=O)c1c(-c2ccccc2)oc2ccc(OCC(O)CNCCc3ccc(OC)cc3)cc12. The van der Waals surface area contributed by atoms with Gasteiger partial charge in [-0.3, -0.25) is 0 Å². The van der Waals surface area contributed by atoms with E-state index in [1.54, 1.807) is 32.2 Å². The number of methoxy groups -OCH3 is 1. The van der Waals surface area contributed by atoms with E-state index >= 15 is 0 Å². The Morgan fingerprint density at radius 3 is 2.50 bits per heavy atom. The fraction of sp³-hybridized carbons (Fsp3) is 0.276. The number of rotatable bonds is 12. The molecule has 188 valence electrons. The van der Waals surface area contributed by atoms with Gasteiger partial charge in [-0.05, 0) is 55.8 Å². The maximum absolute atomic E-state index is 12.8. The average Bonchev–Trinajstić information content (AvgIpc) is 3.30. The van der Waals surface area contributed by atoms with E-state index in [0.717, 1.165) is 24.3 Å².